The Morgan fingerprint density at radius 2 is 0.972 bits per heavy atom. The Kier molecular flexibility index (Phi) is 45.4. The second-order valence-corrected chi connectivity index (χ2v) is 20.2. The molecule has 6 unspecified atom stereocenters. The third-order valence-corrected chi connectivity index (χ3v) is 13.1. The molecule has 0 amide bonds. The van der Waals surface area contributed by atoms with E-state index in [0.717, 1.165) is 96.3 Å². The Bertz CT molecular complexity index is 1510. The van der Waals surface area contributed by atoms with Crippen LogP contribution in [0.4, 0.5) is 0 Å². The number of carbonyl (C=O) groups is 1. The topological polar surface area (TPSA) is 178 Å². The Hall–Kier alpha value is -2.46. The van der Waals surface area contributed by atoms with Crippen molar-refractivity contribution < 1.29 is 56.2 Å². The molecule has 0 radical (unpaired) electrons. The molecule has 1 heterocycles. The Morgan fingerprint density at radius 3 is 1.42 bits per heavy atom. The van der Waals surface area contributed by atoms with E-state index in [1.165, 1.54) is 103 Å². The first-order valence-electron chi connectivity index (χ1n) is 28.2. The number of hydrogen-bond donors (Lipinski definition) is 4. The van der Waals surface area contributed by atoms with Gasteiger partial charge in [0.05, 0.1) is 19.8 Å². The van der Waals surface area contributed by atoms with Gasteiger partial charge in [0.15, 0.2) is 6.29 Å². The van der Waals surface area contributed by atoms with E-state index in [4.69, 9.17) is 18.9 Å². The van der Waals surface area contributed by atoms with E-state index >= 15 is 0 Å². The lowest BCUT2D eigenvalue weighted by atomic mass is 9.99. The van der Waals surface area contributed by atoms with Crippen LogP contribution in [0.25, 0.3) is 0 Å². The molecule has 0 saturated carbocycles. The second-order valence-electron chi connectivity index (χ2n) is 19.2. The van der Waals surface area contributed by atoms with Gasteiger partial charge in [0.1, 0.15) is 30.5 Å². The minimum absolute atomic E-state index is 0.0291. The molecule has 12 nitrogen and oxygen atoms in total. The summed E-state index contributed by atoms with van der Waals surface area (Å²) >= 11 is 0. The van der Waals surface area contributed by atoms with Crippen molar-refractivity contribution >= 4 is 16.4 Å². The average molecular weight is 1020 g/mol. The fourth-order valence-electron chi connectivity index (χ4n) is 8.38. The minimum atomic E-state index is -5.07. The van der Waals surface area contributed by atoms with Gasteiger partial charge < -0.3 is 34.3 Å². The predicted molar refractivity (Wildman–Crippen MR) is 289 cm³/mol. The fourth-order valence-corrected chi connectivity index (χ4v) is 8.89. The third kappa shape index (κ3) is 41.6. The molecule has 1 rings (SSSR count). The van der Waals surface area contributed by atoms with Crippen LogP contribution < -0.4 is 0 Å². The Labute approximate surface area is 432 Å². The molecular formula is C58H102O12S. The molecular weight excluding hydrogens is 921 g/mol. The zero-order valence-electron chi connectivity index (χ0n) is 44.5. The number of aliphatic hydroxyl groups excluding tert-OH is 3. The van der Waals surface area contributed by atoms with Gasteiger partial charge in [0.25, 0.3) is 0 Å². The number of carbonyl (C=O) groups excluding carboxylic acids is 1. The van der Waals surface area contributed by atoms with Gasteiger partial charge in [-0.3, -0.25) is 9.35 Å². The molecule has 6 atom stereocenters. The third-order valence-electron chi connectivity index (χ3n) is 12.6. The first-order chi connectivity index (χ1) is 34.6. The predicted octanol–water partition coefficient (Wildman–Crippen LogP) is 13.8. The summed E-state index contributed by atoms with van der Waals surface area (Å²) in [7, 11) is -5.07. The first-order valence-corrected chi connectivity index (χ1v) is 29.6. The van der Waals surface area contributed by atoms with Gasteiger partial charge in [-0.15, -0.1) is 0 Å². The number of allylic oxidation sites excluding steroid dienone is 12. The van der Waals surface area contributed by atoms with Gasteiger partial charge in [-0.1, -0.05) is 228 Å². The van der Waals surface area contributed by atoms with Gasteiger partial charge in [0.2, 0.25) is 0 Å². The lowest BCUT2D eigenvalue weighted by molar-refractivity contribution is -0.301. The summed E-state index contributed by atoms with van der Waals surface area (Å²) in [4.78, 5) is 13.0. The molecule has 0 aromatic carbocycles. The number of hydrogen-bond acceptors (Lipinski definition) is 11. The number of unbranched alkanes of at least 4 members (excludes halogenated alkanes) is 24. The fraction of sp³-hybridized carbons (Fsp3) is 0.776. The molecule has 0 spiro atoms. The summed E-state index contributed by atoms with van der Waals surface area (Å²) in [6.07, 6.45) is 55.0. The van der Waals surface area contributed by atoms with Gasteiger partial charge in [-0.25, -0.2) is 4.18 Å². The van der Waals surface area contributed by atoms with Gasteiger partial charge in [-0.05, 0) is 64.2 Å². The van der Waals surface area contributed by atoms with E-state index < -0.39 is 59.8 Å². The standard InChI is InChI=1S/C58H102O12S/c1-3-5-7-9-11-13-15-17-19-21-23-24-25-26-27-28-29-31-33-35-37-39-41-43-45-47-54(60)68-52(51-67-58-56(62)57(70-71(63,64)65)55(61)53(49-59)69-58)50-66-48-46-44-42-40-38-36-34-32-30-22-20-18-16-14-12-10-8-6-4-2/h5,7,11,13,17,19,23-24,26-27,29,31,52-53,55-59,61-62H,3-4,6,8-10,12,14-16,18,20-22,25,28,30,32-51H2,1-2H3,(H,63,64,65)/b7-5-,13-11-,19-17-,24-23-,27-26-,31-29-. The van der Waals surface area contributed by atoms with Crippen LogP contribution in [-0.2, 0) is 38.3 Å². The summed E-state index contributed by atoms with van der Waals surface area (Å²) in [5.41, 5.74) is 0. The van der Waals surface area contributed by atoms with Gasteiger partial charge in [-0.2, -0.15) is 8.42 Å². The number of esters is 1. The summed E-state index contributed by atoms with van der Waals surface area (Å²) in [5, 5.41) is 30.8. The van der Waals surface area contributed by atoms with Crippen LogP contribution in [0, 0.1) is 0 Å². The van der Waals surface area contributed by atoms with Crippen molar-refractivity contribution in [2.24, 2.45) is 0 Å². The van der Waals surface area contributed by atoms with Gasteiger partial charge >= 0.3 is 16.4 Å². The number of ether oxygens (including phenoxy) is 4. The highest BCUT2D eigenvalue weighted by molar-refractivity contribution is 7.80. The molecule has 0 aromatic heterocycles. The van der Waals surface area contributed by atoms with Crippen LogP contribution in [0.2, 0.25) is 0 Å². The molecule has 1 fully saturated rings. The molecule has 0 aliphatic carbocycles. The Morgan fingerprint density at radius 1 is 0.549 bits per heavy atom. The summed E-state index contributed by atoms with van der Waals surface area (Å²) in [6, 6.07) is 0. The maximum atomic E-state index is 13.0. The summed E-state index contributed by atoms with van der Waals surface area (Å²) in [5.74, 6) is -0.412. The molecule has 412 valence electrons. The minimum Gasteiger partial charge on any atom is -0.457 e. The van der Waals surface area contributed by atoms with Crippen LogP contribution in [-0.4, -0.2) is 97.5 Å². The van der Waals surface area contributed by atoms with E-state index in [-0.39, 0.29) is 19.6 Å². The SMILES string of the molecule is CC/C=C\C/C=C\C/C=C\C/C=C\C/C=C\C/C=C\CCCCCCCCC(=O)OC(COCCCCCCCCCCCCCCCCCCCCC)COC1OC(CO)C(O)C(OS(=O)(=O)O)C1O. The van der Waals surface area contributed by atoms with Crippen molar-refractivity contribution in [3.05, 3.63) is 72.9 Å². The zero-order valence-corrected chi connectivity index (χ0v) is 45.3. The van der Waals surface area contributed by atoms with Crippen LogP contribution >= 0.6 is 0 Å². The van der Waals surface area contributed by atoms with E-state index in [1.54, 1.807) is 0 Å². The molecule has 13 heteroatoms. The monoisotopic (exact) mass is 1020 g/mol. The molecule has 1 aliphatic rings. The van der Waals surface area contributed by atoms with E-state index in [9.17, 15) is 33.1 Å². The van der Waals surface area contributed by atoms with Crippen LogP contribution in [0.15, 0.2) is 72.9 Å². The molecule has 0 bridgehead atoms. The lowest BCUT2D eigenvalue weighted by Gasteiger charge is -2.41. The van der Waals surface area contributed by atoms with Crippen molar-refractivity contribution in [2.45, 2.75) is 263 Å². The van der Waals surface area contributed by atoms with Crippen LogP contribution in [0.5, 0.6) is 0 Å². The van der Waals surface area contributed by atoms with Crippen molar-refractivity contribution in [3.63, 3.8) is 0 Å². The van der Waals surface area contributed by atoms with Crippen LogP contribution in [0.1, 0.15) is 226 Å². The number of rotatable bonds is 49. The molecule has 4 N–H and O–H groups in total. The summed E-state index contributed by atoms with van der Waals surface area (Å²) < 4.78 is 59.4. The maximum Gasteiger partial charge on any atom is 0.397 e. The van der Waals surface area contributed by atoms with Gasteiger partial charge in [0, 0.05) is 13.0 Å². The highest BCUT2D eigenvalue weighted by Crippen LogP contribution is 2.26. The lowest BCUT2D eigenvalue weighted by Crippen LogP contribution is -2.60. The highest BCUT2D eigenvalue weighted by atomic mass is 32.3. The average Bonchev–Trinajstić information content (AvgIpc) is 3.35. The smallest absolute Gasteiger partial charge is 0.397 e. The largest absolute Gasteiger partial charge is 0.457 e. The summed E-state index contributed by atoms with van der Waals surface area (Å²) in [6.45, 7) is 3.89. The normalized spacial score (nSPS) is 19.5. The van der Waals surface area contributed by atoms with Crippen molar-refractivity contribution in [2.75, 3.05) is 26.4 Å². The van der Waals surface area contributed by atoms with Crippen molar-refractivity contribution in [1.29, 1.82) is 0 Å². The second kappa shape index (κ2) is 48.5. The Balaban J connectivity index is 2.33. The molecule has 1 saturated heterocycles. The maximum absolute atomic E-state index is 13.0. The van der Waals surface area contributed by atoms with E-state index in [0.29, 0.717) is 13.0 Å². The van der Waals surface area contributed by atoms with Crippen LogP contribution in [0.3, 0.4) is 0 Å². The zero-order chi connectivity index (χ0) is 51.7. The van der Waals surface area contributed by atoms with E-state index in [2.05, 4.69) is 90.9 Å². The van der Waals surface area contributed by atoms with Crippen molar-refractivity contribution in [3.8, 4) is 0 Å². The molecule has 71 heavy (non-hydrogen) atoms. The van der Waals surface area contributed by atoms with E-state index in [1.807, 2.05) is 0 Å². The highest BCUT2D eigenvalue weighted by Gasteiger charge is 2.48. The molecule has 1 aliphatic heterocycles. The van der Waals surface area contributed by atoms with Crippen molar-refractivity contribution in [1.82, 2.24) is 0 Å². The molecule has 0 aromatic rings. The first kappa shape index (κ1) is 66.6. The number of aliphatic hydroxyl groups is 3. The quantitative estimate of drug-likeness (QED) is 0.0196.